The molecular formula is C21H28N4O3S. The Bertz CT molecular complexity index is 835. The maximum Gasteiger partial charge on any atom is 0.310 e. The first kappa shape index (κ1) is 21.1. The molecule has 7 nitrogen and oxygen atoms in total. The number of nitrogens with one attached hydrogen (secondary N) is 1. The lowest BCUT2D eigenvalue weighted by atomic mass is 9.98. The minimum atomic E-state index is -0.115. The third-order valence-corrected chi connectivity index (χ3v) is 5.81. The molecule has 0 aliphatic carbocycles. The predicted octanol–water partition coefficient (Wildman–Crippen LogP) is 3.17. The number of methoxy groups -OCH3 is 1. The van der Waals surface area contributed by atoms with Gasteiger partial charge < -0.3 is 19.7 Å². The SMILES string of the molecule is CCOC(=O)[C@H]1CCCN(C(=NC)NCc2csc(-c3ccc(OC)cc3)n2)C1. The molecule has 0 amide bonds. The molecule has 1 saturated heterocycles. The number of carbonyl (C=O) groups excluding carboxylic acids is 1. The number of hydrogen-bond donors (Lipinski definition) is 1. The number of aliphatic imine (C=N–C) groups is 1. The zero-order valence-electron chi connectivity index (χ0n) is 17.2. The van der Waals surface area contributed by atoms with Gasteiger partial charge in [-0.1, -0.05) is 0 Å². The van der Waals surface area contributed by atoms with Gasteiger partial charge in [-0.2, -0.15) is 0 Å². The predicted molar refractivity (Wildman–Crippen MR) is 115 cm³/mol. The summed E-state index contributed by atoms with van der Waals surface area (Å²) in [7, 11) is 3.42. The van der Waals surface area contributed by atoms with Crippen molar-refractivity contribution in [2.75, 3.05) is 33.9 Å². The second-order valence-corrected chi connectivity index (χ2v) is 7.67. The molecule has 0 saturated carbocycles. The Morgan fingerprint density at radius 2 is 2.17 bits per heavy atom. The highest BCUT2D eigenvalue weighted by molar-refractivity contribution is 7.13. The minimum absolute atomic E-state index is 0.0943. The zero-order chi connectivity index (χ0) is 20.6. The fourth-order valence-electron chi connectivity index (χ4n) is 3.38. The fraction of sp³-hybridized carbons (Fsp3) is 0.476. The van der Waals surface area contributed by atoms with Crippen LogP contribution >= 0.6 is 11.3 Å². The molecule has 1 N–H and O–H groups in total. The van der Waals surface area contributed by atoms with Crippen LogP contribution in [0.5, 0.6) is 5.75 Å². The fourth-order valence-corrected chi connectivity index (χ4v) is 4.20. The van der Waals surface area contributed by atoms with Crippen molar-refractivity contribution in [1.82, 2.24) is 15.2 Å². The van der Waals surface area contributed by atoms with Crippen molar-refractivity contribution in [2.45, 2.75) is 26.3 Å². The van der Waals surface area contributed by atoms with E-state index in [1.165, 1.54) is 0 Å². The van der Waals surface area contributed by atoms with Gasteiger partial charge in [0.2, 0.25) is 0 Å². The zero-order valence-corrected chi connectivity index (χ0v) is 18.0. The van der Waals surface area contributed by atoms with Crippen molar-refractivity contribution in [2.24, 2.45) is 10.9 Å². The van der Waals surface area contributed by atoms with Crippen molar-refractivity contribution in [1.29, 1.82) is 0 Å². The van der Waals surface area contributed by atoms with Crippen LogP contribution in [0, 0.1) is 5.92 Å². The summed E-state index contributed by atoms with van der Waals surface area (Å²) in [6.07, 6.45) is 1.81. The van der Waals surface area contributed by atoms with Crippen LogP contribution in [0.3, 0.4) is 0 Å². The van der Waals surface area contributed by atoms with E-state index in [1.54, 1.807) is 25.5 Å². The van der Waals surface area contributed by atoms with Crippen LogP contribution in [0.4, 0.5) is 0 Å². The Morgan fingerprint density at radius 1 is 1.38 bits per heavy atom. The number of likely N-dealkylation sites (tertiary alicyclic amines) is 1. The van der Waals surface area contributed by atoms with Gasteiger partial charge in [-0.15, -0.1) is 11.3 Å². The van der Waals surface area contributed by atoms with Crippen molar-refractivity contribution >= 4 is 23.3 Å². The number of piperidine rings is 1. The lowest BCUT2D eigenvalue weighted by molar-refractivity contribution is -0.149. The van der Waals surface area contributed by atoms with Crippen molar-refractivity contribution < 1.29 is 14.3 Å². The van der Waals surface area contributed by atoms with E-state index < -0.39 is 0 Å². The Morgan fingerprint density at radius 3 is 2.86 bits per heavy atom. The summed E-state index contributed by atoms with van der Waals surface area (Å²) in [4.78, 5) is 23.3. The molecule has 1 aliphatic heterocycles. The van der Waals surface area contributed by atoms with Crippen LogP contribution in [-0.4, -0.2) is 55.7 Å². The molecule has 156 valence electrons. The van der Waals surface area contributed by atoms with Gasteiger partial charge in [0, 0.05) is 31.1 Å². The van der Waals surface area contributed by atoms with E-state index >= 15 is 0 Å². The molecule has 3 rings (SSSR count). The van der Waals surface area contributed by atoms with E-state index in [9.17, 15) is 4.79 Å². The Hall–Kier alpha value is -2.61. The Balaban J connectivity index is 1.58. The average Bonchev–Trinajstić information content (AvgIpc) is 3.24. The van der Waals surface area contributed by atoms with Gasteiger partial charge in [0.25, 0.3) is 0 Å². The number of guanidine groups is 1. The molecule has 1 aromatic carbocycles. The number of esters is 1. The van der Waals surface area contributed by atoms with Crippen molar-refractivity contribution in [3.8, 4) is 16.3 Å². The molecule has 2 aromatic rings. The molecule has 0 bridgehead atoms. The first-order valence-electron chi connectivity index (χ1n) is 9.85. The quantitative estimate of drug-likeness (QED) is 0.443. The van der Waals surface area contributed by atoms with Crippen LogP contribution in [0.25, 0.3) is 10.6 Å². The van der Waals surface area contributed by atoms with E-state index in [0.29, 0.717) is 19.7 Å². The number of nitrogens with zero attached hydrogens (tertiary/aromatic N) is 3. The minimum Gasteiger partial charge on any atom is -0.497 e. The molecule has 0 unspecified atom stereocenters. The molecular weight excluding hydrogens is 388 g/mol. The summed E-state index contributed by atoms with van der Waals surface area (Å²) in [5.74, 6) is 1.41. The third-order valence-electron chi connectivity index (χ3n) is 4.87. The van der Waals surface area contributed by atoms with Crippen LogP contribution in [0.1, 0.15) is 25.5 Å². The lowest BCUT2D eigenvalue weighted by Gasteiger charge is -2.33. The van der Waals surface area contributed by atoms with E-state index in [-0.39, 0.29) is 11.9 Å². The van der Waals surface area contributed by atoms with Crippen LogP contribution in [0.15, 0.2) is 34.6 Å². The summed E-state index contributed by atoms with van der Waals surface area (Å²) in [6, 6.07) is 7.90. The largest absolute Gasteiger partial charge is 0.497 e. The second kappa shape index (κ2) is 10.2. The van der Waals surface area contributed by atoms with Gasteiger partial charge in [0.15, 0.2) is 5.96 Å². The lowest BCUT2D eigenvalue weighted by Crippen LogP contribution is -2.48. The first-order chi connectivity index (χ1) is 14.1. The second-order valence-electron chi connectivity index (χ2n) is 6.81. The molecule has 1 aliphatic rings. The van der Waals surface area contributed by atoms with Gasteiger partial charge in [0.05, 0.1) is 31.9 Å². The van der Waals surface area contributed by atoms with Gasteiger partial charge in [-0.05, 0) is 44.0 Å². The van der Waals surface area contributed by atoms with Crippen molar-refractivity contribution in [3.05, 3.63) is 35.3 Å². The number of ether oxygens (including phenoxy) is 2. The monoisotopic (exact) mass is 416 g/mol. The first-order valence-corrected chi connectivity index (χ1v) is 10.7. The molecule has 2 heterocycles. The number of rotatable bonds is 6. The smallest absolute Gasteiger partial charge is 0.310 e. The van der Waals surface area contributed by atoms with E-state index in [2.05, 4.69) is 20.6 Å². The molecule has 29 heavy (non-hydrogen) atoms. The number of thiazole rings is 1. The Labute approximate surface area is 175 Å². The molecule has 8 heteroatoms. The topological polar surface area (TPSA) is 76.0 Å². The summed E-state index contributed by atoms with van der Waals surface area (Å²) in [5.41, 5.74) is 2.03. The summed E-state index contributed by atoms with van der Waals surface area (Å²) >= 11 is 1.61. The standard InChI is InChI=1S/C21H28N4O3S/c1-4-28-20(26)16-6-5-11-25(13-16)21(22-2)23-12-17-14-29-19(24-17)15-7-9-18(27-3)10-8-15/h7-10,14,16H,4-6,11-13H2,1-3H3,(H,22,23)/t16-/m0/s1. The molecule has 1 fully saturated rings. The average molecular weight is 417 g/mol. The number of aromatic nitrogens is 1. The van der Waals surface area contributed by atoms with Gasteiger partial charge in [-0.3, -0.25) is 9.79 Å². The van der Waals surface area contributed by atoms with E-state index in [4.69, 9.17) is 14.5 Å². The van der Waals surface area contributed by atoms with Gasteiger partial charge >= 0.3 is 5.97 Å². The normalized spacial score (nSPS) is 17.1. The molecule has 1 atom stereocenters. The third kappa shape index (κ3) is 5.47. The Kier molecular flexibility index (Phi) is 7.46. The number of carbonyl (C=O) groups is 1. The highest BCUT2D eigenvalue weighted by Gasteiger charge is 2.28. The van der Waals surface area contributed by atoms with Gasteiger partial charge in [-0.25, -0.2) is 4.98 Å². The summed E-state index contributed by atoms with van der Waals surface area (Å²) in [5, 5.41) is 6.40. The number of benzene rings is 1. The maximum atomic E-state index is 12.1. The highest BCUT2D eigenvalue weighted by atomic mass is 32.1. The van der Waals surface area contributed by atoms with Crippen molar-refractivity contribution in [3.63, 3.8) is 0 Å². The molecule has 0 spiro atoms. The van der Waals surface area contributed by atoms with Gasteiger partial charge in [0.1, 0.15) is 10.8 Å². The van der Waals surface area contributed by atoms with E-state index in [1.807, 2.05) is 31.2 Å². The van der Waals surface area contributed by atoms with Crippen LogP contribution in [0.2, 0.25) is 0 Å². The number of hydrogen-bond acceptors (Lipinski definition) is 6. The summed E-state index contributed by atoms with van der Waals surface area (Å²) < 4.78 is 10.4. The molecule has 1 aromatic heterocycles. The maximum absolute atomic E-state index is 12.1. The van der Waals surface area contributed by atoms with E-state index in [0.717, 1.165) is 47.4 Å². The highest BCUT2D eigenvalue weighted by Crippen LogP contribution is 2.25. The van der Waals surface area contributed by atoms with Crippen LogP contribution in [-0.2, 0) is 16.1 Å². The molecule has 0 radical (unpaired) electrons. The summed E-state index contributed by atoms with van der Waals surface area (Å²) in [6.45, 7) is 4.35. The van der Waals surface area contributed by atoms with Crippen LogP contribution < -0.4 is 10.1 Å².